The summed E-state index contributed by atoms with van der Waals surface area (Å²) in [5.41, 5.74) is 6.46. The number of hydrogen-bond donors (Lipinski definition) is 1. The lowest BCUT2D eigenvalue weighted by atomic mass is 10.1. The van der Waals surface area contributed by atoms with Crippen LogP contribution in [0.4, 0.5) is 0 Å². The molecule has 0 aliphatic carbocycles. The SMILES string of the molecule is COCCOC(=O)[C@@H](N)c1ccccc1.Cl. The number of carbonyl (C=O) groups is 1. The van der Waals surface area contributed by atoms with Crippen LogP contribution < -0.4 is 5.73 Å². The first-order valence-corrected chi connectivity index (χ1v) is 4.72. The van der Waals surface area contributed by atoms with Gasteiger partial charge < -0.3 is 15.2 Å². The van der Waals surface area contributed by atoms with Gasteiger partial charge in [0.15, 0.2) is 0 Å². The molecule has 1 atom stereocenters. The Hall–Kier alpha value is -1.10. The van der Waals surface area contributed by atoms with Crippen LogP contribution in [0.15, 0.2) is 30.3 Å². The number of nitrogens with two attached hydrogens (primary N) is 1. The topological polar surface area (TPSA) is 61.5 Å². The van der Waals surface area contributed by atoms with E-state index in [-0.39, 0.29) is 19.0 Å². The van der Waals surface area contributed by atoms with E-state index in [0.29, 0.717) is 6.61 Å². The number of methoxy groups -OCH3 is 1. The maximum atomic E-state index is 11.4. The molecule has 1 aromatic rings. The van der Waals surface area contributed by atoms with Gasteiger partial charge in [-0.15, -0.1) is 12.4 Å². The Labute approximate surface area is 101 Å². The van der Waals surface area contributed by atoms with E-state index >= 15 is 0 Å². The second-order valence-corrected chi connectivity index (χ2v) is 3.05. The lowest BCUT2D eigenvalue weighted by Gasteiger charge is -2.11. The molecule has 90 valence electrons. The fourth-order valence-electron chi connectivity index (χ4n) is 1.11. The predicted octanol–water partition coefficient (Wildman–Crippen LogP) is 1.30. The number of rotatable bonds is 5. The molecule has 0 bridgehead atoms. The van der Waals surface area contributed by atoms with Gasteiger partial charge in [-0.05, 0) is 5.56 Å². The third kappa shape index (κ3) is 4.61. The molecule has 2 N–H and O–H groups in total. The quantitative estimate of drug-likeness (QED) is 0.627. The summed E-state index contributed by atoms with van der Waals surface area (Å²) in [6.45, 7) is 0.614. The summed E-state index contributed by atoms with van der Waals surface area (Å²) in [6.07, 6.45) is 0. The first-order chi connectivity index (χ1) is 7.25. The van der Waals surface area contributed by atoms with Crippen LogP contribution in [-0.2, 0) is 14.3 Å². The van der Waals surface area contributed by atoms with E-state index in [2.05, 4.69) is 0 Å². The Morgan fingerprint density at radius 3 is 2.50 bits per heavy atom. The highest BCUT2D eigenvalue weighted by atomic mass is 35.5. The van der Waals surface area contributed by atoms with Crippen LogP contribution in [0.5, 0.6) is 0 Å². The van der Waals surface area contributed by atoms with Gasteiger partial charge in [0.1, 0.15) is 12.6 Å². The Balaban J connectivity index is 0.00000225. The zero-order valence-electron chi connectivity index (χ0n) is 9.09. The predicted molar refractivity (Wildman–Crippen MR) is 63.5 cm³/mol. The fourth-order valence-corrected chi connectivity index (χ4v) is 1.11. The van der Waals surface area contributed by atoms with E-state index < -0.39 is 12.0 Å². The summed E-state index contributed by atoms with van der Waals surface area (Å²) in [6, 6.07) is 8.40. The zero-order chi connectivity index (χ0) is 11.1. The number of hydrogen-bond acceptors (Lipinski definition) is 4. The molecule has 0 aliphatic heterocycles. The third-order valence-electron chi connectivity index (χ3n) is 1.94. The minimum absolute atomic E-state index is 0. The van der Waals surface area contributed by atoms with Gasteiger partial charge in [-0.3, -0.25) is 0 Å². The lowest BCUT2D eigenvalue weighted by molar-refractivity contribution is -0.146. The lowest BCUT2D eigenvalue weighted by Crippen LogP contribution is -2.24. The molecule has 0 amide bonds. The highest BCUT2D eigenvalue weighted by molar-refractivity contribution is 5.85. The van der Waals surface area contributed by atoms with Crippen LogP contribution in [0.25, 0.3) is 0 Å². The number of benzene rings is 1. The molecule has 0 aliphatic rings. The molecule has 0 spiro atoms. The maximum absolute atomic E-state index is 11.4. The van der Waals surface area contributed by atoms with Crippen molar-refractivity contribution in [3.8, 4) is 0 Å². The van der Waals surface area contributed by atoms with E-state index in [1.165, 1.54) is 0 Å². The first-order valence-electron chi connectivity index (χ1n) is 4.72. The van der Waals surface area contributed by atoms with E-state index in [1.807, 2.05) is 18.2 Å². The van der Waals surface area contributed by atoms with Crippen LogP contribution in [0.3, 0.4) is 0 Å². The number of carbonyl (C=O) groups excluding carboxylic acids is 1. The van der Waals surface area contributed by atoms with Crippen molar-refractivity contribution >= 4 is 18.4 Å². The normalized spacial score (nSPS) is 11.4. The second-order valence-electron chi connectivity index (χ2n) is 3.05. The molecule has 0 saturated heterocycles. The molecule has 1 aromatic carbocycles. The maximum Gasteiger partial charge on any atom is 0.327 e. The van der Waals surface area contributed by atoms with Crippen molar-refractivity contribution in [3.05, 3.63) is 35.9 Å². The number of ether oxygens (including phenoxy) is 2. The molecule has 4 nitrogen and oxygen atoms in total. The van der Waals surface area contributed by atoms with Crippen molar-refractivity contribution in [2.75, 3.05) is 20.3 Å². The summed E-state index contributed by atoms with van der Waals surface area (Å²) >= 11 is 0. The van der Waals surface area contributed by atoms with Gasteiger partial charge in [-0.2, -0.15) is 0 Å². The molecule has 1 rings (SSSR count). The second kappa shape index (κ2) is 8.10. The van der Waals surface area contributed by atoms with Crippen LogP contribution in [0.2, 0.25) is 0 Å². The molecule has 0 heterocycles. The van der Waals surface area contributed by atoms with Crippen molar-refractivity contribution in [3.63, 3.8) is 0 Å². The first kappa shape index (κ1) is 14.9. The summed E-state index contributed by atoms with van der Waals surface area (Å²) in [5, 5.41) is 0. The highest BCUT2D eigenvalue weighted by Crippen LogP contribution is 2.10. The summed E-state index contributed by atoms with van der Waals surface area (Å²) in [5.74, 6) is -0.432. The third-order valence-corrected chi connectivity index (χ3v) is 1.94. The van der Waals surface area contributed by atoms with Gasteiger partial charge in [0.05, 0.1) is 6.61 Å². The minimum atomic E-state index is -0.719. The summed E-state index contributed by atoms with van der Waals surface area (Å²) < 4.78 is 9.67. The highest BCUT2D eigenvalue weighted by Gasteiger charge is 2.16. The van der Waals surface area contributed by atoms with Gasteiger partial charge in [0.25, 0.3) is 0 Å². The van der Waals surface area contributed by atoms with E-state index in [0.717, 1.165) is 5.56 Å². The standard InChI is InChI=1S/C11H15NO3.ClH/c1-14-7-8-15-11(13)10(12)9-5-3-2-4-6-9;/h2-6,10H,7-8,12H2,1H3;1H/t10-;/m0./s1. The van der Waals surface area contributed by atoms with Crippen molar-refractivity contribution < 1.29 is 14.3 Å². The van der Waals surface area contributed by atoms with E-state index in [4.69, 9.17) is 15.2 Å². The molecule has 0 aromatic heterocycles. The monoisotopic (exact) mass is 245 g/mol. The smallest absolute Gasteiger partial charge is 0.327 e. The summed E-state index contributed by atoms with van der Waals surface area (Å²) in [4.78, 5) is 11.4. The molecular weight excluding hydrogens is 230 g/mol. The van der Waals surface area contributed by atoms with Gasteiger partial charge in [-0.1, -0.05) is 30.3 Å². The minimum Gasteiger partial charge on any atom is -0.462 e. The van der Waals surface area contributed by atoms with Crippen LogP contribution in [0.1, 0.15) is 11.6 Å². The molecule has 5 heteroatoms. The van der Waals surface area contributed by atoms with Gasteiger partial charge in [0.2, 0.25) is 0 Å². The van der Waals surface area contributed by atoms with Crippen LogP contribution in [-0.4, -0.2) is 26.3 Å². The average molecular weight is 246 g/mol. The van der Waals surface area contributed by atoms with Crippen molar-refractivity contribution in [2.24, 2.45) is 5.73 Å². The average Bonchev–Trinajstić information content (AvgIpc) is 2.29. The fraction of sp³-hybridized carbons (Fsp3) is 0.364. The van der Waals surface area contributed by atoms with Crippen molar-refractivity contribution in [1.29, 1.82) is 0 Å². The molecule has 0 fully saturated rings. The number of halogens is 1. The molecular formula is C11H16ClNO3. The van der Waals surface area contributed by atoms with E-state index in [9.17, 15) is 4.79 Å². The Kier molecular flexibility index (Phi) is 7.54. The Morgan fingerprint density at radius 1 is 1.31 bits per heavy atom. The van der Waals surface area contributed by atoms with Crippen molar-refractivity contribution in [2.45, 2.75) is 6.04 Å². The molecule has 0 saturated carbocycles. The molecule has 0 radical (unpaired) electrons. The zero-order valence-corrected chi connectivity index (χ0v) is 9.91. The largest absolute Gasteiger partial charge is 0.462 e. The van der Waals surface area contributed by atoms with E-state index in [1.54, 1.807) is 19.2 Å². The van der Waals surface area contributed by atoms with Gasteiger partial charge in [-0.25, -0.2) is 4.79 Å². The Bertz CT molecular complexity index is 305. The molecule has 16 heavy (non-hydrogen) atoms. The summed E-state index contributed by atoms with van der Waals surface area (Å²) in [7, 11) is 1.55. The van der Waals surface area contributed by atoms with Crippen LogP contribution in [0, 0.1) is 0 Å². The molecule has 0 unspecified atom stereocenters. The van der Waals surface area contributed by atoms with Crippen LogP contribution >= 0.6 is 12.4 Å². The van der Waals surface area contributed by atoms with Gasteiger partial charge >= 0.3 is 5.97 Å². The Morgan fingerprint density at radius 2 is 1.94 bits per heavy atom. The van der Waals surface area contributed by atoms with Crippen molar-refractivity contribution in [1.82, 2.24) is 0 Å². The van der Waals surface area contributed by atoms with Gasteiger partial charge in [0, 0.05) is 7.11 Å². The number of esters is 1.